The molecule has 3 nitrogen and oxygen atoms in total. The Morgan fingerprint density at radius 3 is 2.53 bits per heavy atom. The molecule has 1 atom stereocenters. The van der Waals surface area contributed by atoms with Crippen molar-refractivity contribution < 1.29 is 0 Å². The van der Waals surface area contributed by atoms with Crippen LogP contribution in [0.15, 0.2) is 24.5 Å². The van der Waals surface area contributed by atoms with Crippen LogP contribution in [0.2, 0.25) is 0 Å². The second-order valence-electron chi connectivity index (χ2n) is 4.43. The maximum Gasteiger partial charge on any atom is 0.145 e. The van der Waals surface area contributed by atoms with Crippen molar-refractivity contribution in [3.05, 3.63) is 35.9 Å². The lowest BCUT2D eigenvalue weighted by atomic mass is 10.0. The van der Waals surface area contributed by atoms with Gasteiger partial charge in [0.25, 0.3) is 0 Å². The zero-order valence-electron chi connectivity index (χ0n) is 11.2. The monoisotopic (exact) mass is 233 g/mol. The Morgan fingerprint density at radius 2 is 2.00 bits per heavy atom. The van der Waals surface area contributed by atoms with Crippen molar-refractivity contribution in [2.75, 3.05) is 6.54 Å². The molecule has 0 aliphatic carbocycles. The van der Waals surface area contributed by atoms with Crippen LogP contribution in [0.5, 0.6) is 0 Å². The first kappa shape index (κ1) is 13.8. The minimum absolute atomic E-state index is 0.197. The topological polar surface area (TPSA) is 37.8 Å². The van der Waals surface area contributed by atoms with Gasteiger partial charge in [0.05, 0.1) is 6.04 Å². The maximum absolute atomic E-state index is 4.40. The number of rotatable bonds is 7. The van der Waals surface area contributed by atoms with E-state index in [4.69, 9.17) is 0 Å². The van der Waals surface area contributed by atoms with Crippen molar-refractivity contribution in [2.24, 2.45) is 0 Å². The van der Waals surface area contributed by atoms with Crippen molar-refractivity contribution in [3.63, 3.8) is 0 Å². The van der Waals surface area contributed by atoms with Crippen molar-refractivity contribution >= 4 is 0 Å². The van der Waals surface area contributed by atoms with Gasteiger partial charge in [0.1, 0.15) is 5.82 Å². The molecule has 1 aromatic rings. The molecule has 0 aliphatic rings. The number of hydrogen-bond donors (Lipinski definition) is 1. The molecule has 0 saturated heterocycles. The summed E-state index contributed by atoms with van der Waals surface area (Å²) in [6.45, 7) is 11.4. The van der Waals surface area contributed by atoms with Gasteiger partial charge in [0.15, 0.2) is 0 Å². The zero-order valence-corrected chi connectivity index (χ0v) is 11.2. The molecule has 1 aromatic heterocycles. The number of nitrogens with zero attached hydrogens (tertiary/aromatic N) is 2. The molecule has 17 heavy (non-hydrogen) atoms. The van der Waals surface area contributed by atoms with Gasteiger partial charge >= 0.3 is 0 Å². The summed E-state index contributed by atoms with van der Waals surface area (Å²) in [5.41, 5.74) is 2.33. The van der Waals surface area contributed by atoms with Crippen molar-refractivity contribution in [3.8, 4) is 0 Å². The highest BCUT2D eigenvalue weighted by Crippen LogP contribution is 2.18. The van der Waals surface area contributed by atoms with E-state index in [0.29, 0.717) is 0 Å². The summed E-state index contributed by atoms with van der Waals surface area (Å²) in [5.74, 6) is 0.874. The van der Waals surface area contributed by atoms with Crippen LogP contribution in [0.3, 0.4) is 0 Å². The average Bonchev–Trinajstić information content (AvgIpc) is 2.35. The third kappa shape index (κ3) is 4.65. The van der Waals surface area contributed by atoms with E-state index in [9.17, 15) is 0 Å². The highest BCUT2D eigenvalue weighted by atomic mass is 15.0. The van der Waals surface area contributed by atoms with Crippen molar-refractivity contribution in [1.29, 1.82) is 0 Å². The molecule has 0 bridgehead atoms. The van der Waals surface area contributed by atoms with Gasteiger partial charge in [-0.1, -0.05) is 26.0 Å². The van der Waals surface area contributed by atoms with Crippen LogP contribution >= 0.6 is 0 Å². The third-order valence-corrected chi connectivity index (χ3v) is 2.75. The Balaban J connectivity index is 2.74. The predicted molar refractivity (Wildman–Crippen MR) is 71.9 cm³/mol. The predicted octanol–water partition coefficient (Wildman–Crippen LogP) is 3.18. The smallest absolute Gasteiger partial charge is 0.145 e. The lowest BCUT2D eigenvalue weighted by Gasteiger charge is -2.18. The minimum Gasteiger partial charge on any atom is -0.307 e. The fourth-order valence-corrected chi connectivity index (χ4v) is 1.59. The van der Waals surface area contributed by atoms with Crippen molar-refractivity contribution in [2.45, 2.75) is 46.1 Å². The second kappa shape index (κ2) is 7.17. The van der Waals surface area contributed by atoms with E-state index in [2.05, 4.69) is 35.7 Å². The Kier molecular flexibility index (Phi) is 5.84. The van der Waals surface area contributed by atoms with Gasteiger partial charge in [-0.15, -0.1) is 0 Å². The summed E-state index contributed by atoms with van der Waals surface area (Å²) in [6, 6.07) is 0.197. The van der Waals surface area contributed by atoms with Gasteiger partial charge in [-0.25, -0.2) is 9.97 Å². The summed E-state index contributed by atoms with van der Waals surface area (Å²) in [5, 5.41) is 3.48. The second-order valence-corrected chi connectivity index (χ2v) is 4.43. The molecule has 0 amide bonds. The Morgan fingerprint density at radius 1 is 1.35 bits per heavy atom. The van der Waals surface area contributed by atoms with E-state index in [1.165, 1.54) is 5.57 Å². The molecule has 1 heterocycles. The lowest BCUT2D eigenvalue weighted by molar-refractivity contribution is 0.499. The number of aryl methyl sites for hydroxylation is 1. The quantitative estimate of drug-likeness (QED) is 0.735. The third-order valence-electron chi connectivity index (χ3n) is 2.75. The average molecular weight is 233 g/mol. The molecule has 0 aromatic carbocycles. The lowest BCUT2D eigenvalue weighted by Crippen LogP contribution is -2.24. The molecule has 0 aliphatic heterocycles. The van der Waals surface area contributed by atoms with Crippen LogP contribution < -0.4 is 5.32 Å². The summed E-state index contributed by atoms with van der Waals surface area (Å²) in [4.78, 5) is 8.81. The summed E-state index contributed by atoms with van der Waals surface area (Å²) in [7, 11) is 0. The van der Waals surface area contributed by atoms with E-state index >= 15 is 0 Å². The van der Waals surface area contributed by atoms with Gasteiger partial charge in [0.2, 0.25) is 0 Å². The van der Waals surface area contributed by atoms with Crippen LogP contribution in [0.25, 0.3) is 0 Å². The number of aromatic nitrogens is 2. The molecule has 94 valence electrons. The first-order valence-corrected chi connectivity index (χ1v) is 6.35. The zero-order chi connectivity index (χ0) is 12.7. The molecule has 0 saturated carbocycles. The molecule has 0 radical (unpaired) electrons. The SMILES string of the molecule is C=C(CC)CC(NCCC)c1ncc(C)cn1. The largest absolute Gasteiger partial charge is 0.307 e. The highest BCUT2D eigenvalue weighted by Gasteiger charge is 2.14. The van der Waals surface area contributed by atoms with Gasteiger partial charge in [0, 0.05) is 12.4 Å². The Bertz CT molecular complexity index is 343. The van der Waals surface area contributed by atoms with E-state index in [1.807, 2.05) is 19.3 Å². The van der Waals surface area contributed by atoms with E-state index in [0.717, 1.165) is 37.2 Å². The molecular formula is C14H23N3. The Labute approximate surface area is 104 Å². The van der Waals surface area contributed by atoms with Gasteiger partial charge in [-0.2, -0.15) is 0 Å². The fourth-order valence-electron chi connectivity index (χ4n) is 1.59. The molecule has 1 N–H and O–H groups in total. The van der Waals surface area contributed by atoms with Crippen molar-refractivity contribution in [1.82, 2.24) is 15.3 Å². The van der Waals surface area contributed by atoms with Gasteiger partial charge in [-0.3, -0.25) is 0 Å². The maximum atomic E-state index is 4.40. The first-order chi connectivity index (χ1) is 8.17. The minimum atomic E-state index is 0.197. The molecule has 3 heteroatoms. The Hall–Kier alpha value is -1.22. The van der Waals surface area contributed by atoms with Crippen LogP contribution in [-0.4, -0.2) is 16.5 Å². The van der Waals surface area contributed by atoms with E-state index in [1.54, 1.807) is 0 Å². The van der Waals surface area contributed by atoms with Gasteiger partial charge < -0.3 is 5.32 Å². The van der Waals surface area contributed by atoms with Gasteiger partial charge in [-0.05, 0) is 38.3 Å². The van der Waals surface area contributed by atoms with Crippen LogP contribution in [-0.2, 0) is 0 Å². The summed E-state index contributed by atoms with van der Waals surface area (Å²) in [6.07, 6.45) is 6.78. The molecular weight excluding hydrogens is 210 g/mol. The standard InChI is InChI=1S/C14H23N3/c1-5-7-15-13(8-11(3)6-2)14-16-9-12(4)10-17-14/h9-10,13,15H,3,5-8H2,1-2,4H3. The van der Waals surface area contributed by atoms with Crippen LogP contribution in [0, 0.1) is 6.92 Å². The normalized spacial score (nSPS) is 12.4. The molecule has 0 fully saturated rings. The van der Waals surface area contributed by atoms with Crippen LogP contribution in [0.1, 0.15) is 50.5 Å². The van der Waals surface area contributed by atoms with E-state index < -0.39 is 0 Å². The van der Waals surface area contributed by atoms with E-state index in [-0.39, 0.29) is 6.04 Å². The highest BCUT2D eigenvalue weighted by molar-refractivity contribution is 5.08. The van der Waals surface area contributed by atoms with Crippen LogP contribution in [0.4, 0.5) is 0 Å². The summed E-state index contributed by atoms with van der Waals surface area (Å²) >= 11 is 0. The first-order valence-electron chi connectivity index (χ1n) is 6.35. The molecule has 1 rings (SSSR count). The fraction of sp³-hybridized carbons (Fsp3) is 0.571. The molecule has 0 spiro atoms. The summed E-state index contributed by atoms with van der Waals surface area (Å²) < 4.78 is 0. The number of hydrogen-bond acceptors (Lipinski definition) is 3. The molecule has 1 unspecified atom stereocenters. The number of nitrogens with one attached hydrogen (secondary N) is 1.